The lowest BCUT2D eigenvalue weighted by atomic mass is 10.1. The minimum absolute atomic E-state index is 0.0527. The largest absolute Gasteiger partial charge is 0.487 e. The zero-order chi connectivity index (χ0) is 17.5. The number of hydrogen-bond donors (Lipinski definition) is 0. The molecule has 0 aromatic carbocycles. The molecule has 1 amide bonds. The number of aromatic nitrogens is 1. The molecular weight excluding hydrogens is 323 g/mol. The van der Waals surface area contributed by atoms with Gasteiger partial charge in [0.1, 0.15) is 0 Å². The van der Waals surface area contributed by atoms with Gasteiger partial charge in [0, 0.05) is 32.3 Å². The maximum atomic E-state index is 12.9. The number of carbonyl (C=O) groups excluding carboxylic acids is 1. The lowest BCUT2D eigenvalue weighted by Crippen LogP contribution is -2.55. The lowest BCUT2D eigenvalue weighted by molar-refractivity contribution is -0.138. The summed E-state index contributed by atoms with van der Waals surface area (Å²) in [7, 11) is 0. The van der Waals surface area contributed by atoms with Crippen molar-refractivity contribution in [3.05, 3.63) is 30.5 Å². The van der Waals surface area contributed by atoms with E-state index in [9.17, 15) is 18.0 Å². The second kappa shape index (κ2) is 5.99. The number of pyridine rings is 1. The van der Waals surface area contributed by atoms with E-state index < -0.39 is 11.7 Å². The van der Waals surface area contributed by atoms with Gasteiger partial charge in [0.2, 0.25) is 5.91 Å². The SMILES string of the molecule is C=CC(=O)N1CCN2c3ncc(C(F)(F)F)cc3OC(C)C[C@@H]2C1. The Kier molecular flexibility index (Phi) is 4.15. The highest BCUT2D eigenvalue weighted by Gasteiger charge is 2.37. The molecule has 5 nitrogen and oxygen atoms in total. The summed E-state index contributed by atoms with van der Waals surface area (Å²) >= 11 is 0. The first kappa shape index (κ1) is 16.6. The second-order valence-corrected chi connectivity index (χ2v) is 6.04. The zero-order valence-electron chi connectivity index (χ0n) is 13.2. The summed E-state index contributed by atoms with van der Waals surface area (Å²) in [4.78, 5) is 19.5. The predicted octanol–water partition coefficient (Wildman–Crippen LogP) is 2.47. The zero-order valence-corrected chi connectivity index (χ0v) is 13.2. The molecule has 0 radical (unpaired) electrons. The minimum Gasteiger partial charge on any atom is -0.487 e. The van der Waals surface area contributed by atoms with Gasteiger partial charge in [-0.2, -0.15) is 13.2 Å². The van der Waals surface area contributed by atoms with Crippen LogP contribution in [0.4, 0.5) is 19.0 Å². The Bertz CT molecular complexity index is 662. The monoisotopic (exact) mass is 341 g/mol. The van der Waals surface area contributed by atoms with Crippen LogP contribution in [-0.4, -0.2) is 47.6 Å². The van der Waals surface area contributed by atoms with Crippen LogP contribution in [0, 0.1) is 0 Å². The molecule has 130 valence electrons. The van der Waals surface area contributed by atoms with E-state index in [1.165, 1.54) is 6.08 Å². The second-order valence-electron chi connectivity index (χ2n) is 6.04. The van der Waals surface area contributed by atoms with Gasteiger partial charge in [0.05, 0.1) is 17.7 Å². The molecule has 0 aliphatic carbocycles. The maximum Gasteiger partial charge on any atom is 0.418 e. The third kappa shape index (κ3) is 3.05. The molecule has 1 unspecified atom stereocenters. The van der Waals surface area contributed by atoms with Gasteiger partial charge in [0.25, 0.3) is 0 Å². The van der Waals surface area contributed by atoms with Gasteiger partial charge >= 0.3 is 6.18 Å². The average molecular weight is 341 g/mol. The number of ether oxygens (including phenoxy) is 1. The van der Waals surface area contributed by atoms with E-state index in [1.807, 2.05) is 11.8 Å². The van der Waals surface area contributed by atoms with Crippen molar-refractivity contribution in [3.63, 3.8) is 0 Å². The minimum atomic E-state index is -4.46. The molecule has 0 spiro atoms. The van der Waals surface area contributed by atoms with Crippen molar-refractivity contribution in [1.29, 1.82) is 0 Å². The fourth-order valence-corrected chi connectivity index (χ4v) is 3.21. The lowest BCUT2D eigenvalue weighted by Gasteiger charge is -2.41. The molecule has 3 rings (SSSR count). The molecule has 3 heterocycles. The quantitative estimate of drug-likeness (QED) is 0.736. The van der Waals surface area contributed by atoms with Crippen LogP contribution in [-0.2, 0) is 11.0 Å². The molecule has 2 aliphatic heterocycles. The Balaban J connectivity index is 1.93. The fourth-order valence-electron chi connectivity index (χ4n) is 3.21. The standard InChI is InChI=1S/C16H18F3N3O2/c1-3-14(23)21-4-5-22-12(9-21)6-10(2)24-13-7-11(16(17,18)19)8-20-15(13)22/h3,7-8,10,12H,1,4-6,9H2,2H3/t10?,12-/m1/s1. The van der Waals surface area contributed by atoms with Crippen molar-refractivity contribution in [3.8, 4) is 5.75 Å². The molecular formula is C16H18F3N3O2. The highest BCUT2D eigenvalue weighted by atomic mass is 19.4. The van der Waals surface area contributed by atoms with Crippen LogP contribution in [0.15, 0.2) is 24.9 Å². The summed E-state index contributed by atoms with van der Waals surface area (Å²) in [5, 5.41) is 0. The Morgan fingerprint density at radius 3 is 2.88 bits per heavy atom. The molecule has 24 heavy (non-hydrogen) atoms. The summed E-state index contributed by atoms with van der Waals surface area (Å²) < 4.78 is 44.4. The van der Waals surface area contributed by atoms with Crippen LogP contribution in [0.2, 0.25) is 0 Å². The van der Waals surface area contributed by atoms with E-state index in [2.05, 4.69) is 11.6 Å². The van der Waals surface area contributed by atoms with E-state index in [0.717, 1.165) is 12.3 Å². The smallest absolute Gasteiger partial charge is 0.418 e. The Morgan fingerprint density at radius 1 is 1.46 bits per heavy atom. The highest BCUT2D eigenvalue weighted by molar-refractivity contribution is 5.87. The van der Waals surface area contributed by atoms with Gasteiger partial charge in [-0.1, -0.05) is 6.58 Å². The molecule has 1 saturated heterocycles. The number of carbonyl (C=O) groups is 1. The summed E-state index contributed by atoms with van der Waals surface area (Å²) in [6.07, 6.45) is -2.04. The van der Waals surface area contributed by atoms with Crippen LogP contribution in [0.3, 0.4) is 0 Å². The van der Waals surface area contributed by atoms with Crippen molar-refractivity contribution in [2.45, 2.75) is 31.7 Å². The molecule has 0 N–H and O–H groups in total. The molecule has 2 aliphatic rings. The van der Waals surface area contributed by atoms with E-state index in [1.54, 1.807) is 4.90 Å². The van der Waals surface area contributed by atoms with Crippen molar-refractivity contribution in [2.75, 3.05) is 24.5 Å². The Hall–Kier alpha value is -2.25. The Labute approximate surface area is 137 Å². The van der Waals surface area contributed by atoms with Gasteiger partial charge in [-0.05, 0) is 19.1 Å². The highest BCUT2D eigenvalue weighted by Crippen LogP contribution is 2.39. The maximum absolute atomic E-state index is 12.9. The summed E-state index contributed by atoms with van der Waals surface area (Å²) in [5.41, 5.74) is -0.827. The van der Waals surface area contributed by atoms with Crippen molar-refractivity contribution >= 4 is 11.7 Å². The molecule has 2 atom stereocenters. The van der Waals surface area contributed by atoms with Crippen molar-refractivity contribution in [2.24, 2.45) is 0 Å². The first-order valence-electron chi connectivity index (χ1n) is 7.71. The van der Waals surface area contributed by atoms with Crippen LogP contribution in [0.5, 0.6) is 5.75 Å². The number of rotatable bonds is 1. The van der Waals surface area contributed by atoms with Crippen LogP contribution in [0.25, 0.3) is 0 Å². The average Bonchev–Trinajstić information content (AvgIpc) is 2.66. The van der Waals surface area contributed by atoms with E-state index in [0.29, 0.717) is 31.9 Å². The molecule has 0 saturated carbocycles. The van der Waals surface area contributed by atoms with E-state index >= 15 is 0 Å². The molecule has 8 heteroatoms. The third-order valence-corrected chi connectivity index (χ3v) is 4.33. The topological polar surface area (TPSA) is 45.7 Å². The number of piperazine rings is 1. The molecule has 1 aromatic heterocycles. The number of halogens is 3. The number of nitrogens with zero attached hydrogens (tertiary/aromatic N) is 3. The number of fused-ring (bicyclic) bond motifs is 3. The van der Waals surface area contributed by atoms with Gasteiger partial charge in [-0.3, -0.25) is 4.79 Å². The fraction of sp³-hybridized carbons (Fsp3) is 0.500. The van der Waals surface area contributed by atoms with Gasteiger partial charge < -0.3 is 14.5 Å². The van der Waals surface area contributed by atoms with E-state index in [4.69, 9.17) is 4.74 Å². The van der Waals surface area contributed by atoms with Crippen molar-refractivity contribution in [1.82, 2.24) is 9.88 Å². The first-order chi connectivity index (χ1) is 11.3. The van der Waals surface area contributed by atoms with Crippen LogP contribution in [0.1, 0.15) is 18.9 Å². The van der Waals surface area contributed by atoms with Gasteiger partial charge in [-0.25, -0.2) is 4.98 Å². The van der Waals surface area contributed by atoms with Gasteiger partial charge in [-0.15, -0.1) is 0 Å². The third-order valence-electron chi connectivity index (χ3n) is 4.33. The van der Waals surface area contributed by atoms with Crippen LogP contribution >= 0.6 is 0 Å². The summed E-state index contributed by atoms with van der Waals surface area (Å²) in [6.45, 7) is 6.74. The van der Waals surface area contributed by atoms with Gasteiger partial charge in [0.15, 0.2) is 11.6 Å². The summed E-state index contributed by atoms with van der Waals surface area (Å²) in [6, 6.07) is 0.950. The predicted molar refractivity (Wildman–Crippen MR) is 81.9 cm³/mol. The molecule has 1 aromatic rings. The molecule has 1 fully saturated rings. The van der Waals surface area contributed by atoms with E-state index in [-0.39, 0.29) is 23.8 Å². The first-order valence-corrected chi connectivity index (χ1v) is 7.71. The number of hydrogen-bond acceptors (Lipinski definition) is 4. The summed E-state index contributed by atoms with van der Waals surface area (Å²) in [5.74, 6) is 0.402. The number of amides is 1. The number of alkyl halides is 3. The van der Waals surface area contributed by atoms with Crippen LogP contribution < -0.4 is 9.64 Å². The Morgan fingerprint density at radius 2 is 2.21 bits per heavy atom. The molecule has 0 bridgehead atoms. The normalized spacial score (nSPS) is 23.7. The van der Waals surface area contributed by atoms with Crippen molar-refractivity contribution < 1.29 is 22.7 Å². The number of anilines is 1.